The van der Waals surface area contributed by atoms with Crippen LogP contribution < -0.4 is 4.90 Å². The number of amides is 2. The molecular formula is C24H22F3N5O2S. The van der Waals surface area contributed by atoms with E-state index < -0.39 is 11.7 Å². The van der Waals surface area contributed by atoms with Gasteiger partial charge in [-0.1, -0.05) is 12.1 Å². The smallest absolute Gasteiger partial charge is 0.334 e. The third-order valence-electron chi connectivity index (χ3n) is 6.38. The number of alkyl halides is 3. The fraction of sp³-hybridized carbons (Fsp3) is 0.333. The minimum absolute atomic E-state index is 0.0242. The van der Waals surface area contributed by atoms with E-state index in [0.29, 0.717) is 55.4 Å². The number of aromatic nitrogens is 2. The molecule has 11 heteroatoms. The maximum atomic E-state index is 13.5. The molecule has 2 aromatic heterocycles. The third kappa shape index (κ3) is 4.78. The van der Waals surface area contributed by atoms with E-state index in [0.717, 1.165) is 6.07 Å². The molecule has 2 aliphatic rings. The van der Waals surface area contributed by atoms with Crippen molar-refractivity contribution in [3.05, 3.63) is 64.7 Å². The van der Waals surface area contributed by atoms with Gasteiger partial charge in [0.15, 0.2) is 5.01 Å². The number of piperazine rings is 1. The molecule has 7 nitrogen and oxygen atoms in total. The van der Waals surface area contributed by atoms with Crippen LogP contribution in [-0.2, 0) is 11.0 Å². The molecule has 182 valence electrons. The Labute approximate surface area is 203 Å². The highest BCUT2D eigenvalue weighted by molar-refractivity contribution is 7.11. The Morgan fingerprint density at radius 2 is 1.83 bits per heavy atom. The van der Waals surface area contributed by atoms with Crippen molar-refractivity contribution in [1.82, 2.24) is 19.8 Å². The summed E-state index contributed by atoms with van der Waals surface area (Å²) in [6, 6.07) is 8.76. The minimum atomic E-state index is -4.53. The normalized spacial score (nSPS) is 19.4. The first-order valence-corrected chi connectivity index (χ1v) is 12.0. The van der Waals surface area contributed by atoms with Crippen LogP contribution in [0.3, 0.4) is 0 Å². The fourth-order valence-corrected chi connectivity index (χ4v) is 5.22. The van der Waals surface area contributed by atoms with E-state index in [1.54, 1.807) is 45.6 Å². The van der Waals surface area contributed by atoms with Crippen LogP contribution in [0.15, 0.2) is 54.2 Å². The van der Waals surface area contributed by atoms with E-state index in [1.807, 2.05) is 0 Å². The summed E-state index contributed by atoms with van der Waals surface area (Å²) in [6.45, 7) is 2.84. The summed E-state index contributed by atoms with van der Waals surface area (Å²) in [4.78, 5) is 39.0. The summed E-state index contributed by atoms with van der Waals surface area (Å²) in [5.41, 5.74) is -0.119. The predicted molar refractivity (Wildman–Crippen MR) is 125 cm³/mol. The molecule has 0 spiro atoms. The molecule has 0 saturated carbocycles. The number of benzene rings is 1. The van der Waals surface area contributed by atoms with Crippen LogP contribution in [0.1, 0.15) is 21.8 Å². The van der Waals surface area contributed by atoms with Gasteiger partial charge in [-0.3, -0.25) is 19.5 Å². The molecule has 2 saturated heterocycles. The topological polar surface area (TPSA) is 69.6 Å². The van der Waals surface area contributed by atoms with Gasteiger partial charge in [0.1, 0.15) is 0 Å². The molecule has 3 aromatic rings. The average molecular weight is 502 g/mol. The average Bonchev–Trinajstić information content (AvgIpc) is 3.54. The summed E-state index contributed by atoms with van der Waals surface area (Å²) in [6.07, 6.45) is -1.27. The quantitative estimate of drug-likeness (QED) is 0.544. The van der Waals surface area contributed by atoms with Crippen LogP contribution in [0, 0.1) is 0 Å². The fourth-order valence-electron chi connectivity index (χ4n) is 4.62. The van der Waals surface area contributed by atoms with Gasteiger partial charge in [-0.2, -0.15) is 13.2 Å². The summed E-state index contributed by atoms with van der Waals surface area (Å²) >= 11 is 1.32. The molecule has 1 unspecified atom stereocenters. The minimum Gasteiger partial charge on any atom is -0.334 e. The molecule has 1 aromatic carbocycles. The standard InChI is InChI=1S/C24H22F3N5O2S/c25-24(26,27)19-5-2-6-28-21(19)16-3-1-4-17(13-16)32-15-18(14-20(32)33)30-8-10-31(11-9-30)23(34)22-29-7-12-35-22/h1-7,12-13,18H,8-11,14-15H2. The van der Waals surface area contributed by atoms with Gasteiger partial charge in [0.2, 0.25) is 5.91 Å². The van der Waals surface area contributed by atoms with E-state index in [4.69, 9.17) is 0 Å². The third-order valence-corrected chi connectivity index (χ3v) is 7.14. The summed E-state index contributed by atoms with van der Waals surface area (Å²) in [7, 11) is 0. The lowest BCUT2D eigenvalue weighted by atomic mass is 10.0. The summed E-state index contributed by atoms with van der Waals surface area (Å²) in [5.74, 6) is -0.154. The molecule has 0 aliphatic carbocycles. The van der Waals surface area contributed by atoms with Crippen molar-refractivity contribution >= 4 is 28.8 Å². The van der Waals surface area contributed by atoms with Crippen LogP contribution in [0.5, 0.6) is 0 Å². The number of carbonyl (C=O) groups is 2. The van der Waals surface area contributed by atoms with E-state index >= 15 is 0 Å². The number of anilines is 1. The first-order valence-electron chi connectivity index (χ1n) is 11.2. The van der Waals surface area contributed by atoms with Crippen LogP contribution in [0.25, 0.3) is 11.3 Å². The first kappa shape index (κ1) is 23.4. The van der Waals surface area contributed by atoms with Crippen molar-refractivity contribution in [2.45, 2.75) is 18.6 Å². The number of rotatable bonds is 4. The predicted octanol–water partition coefficient (Wildman–Crippen LogP) is 3.79. The van der Waals surface area contributed by atoms with E-state index in [1.165, 1.54) is 23.6 Å². The molecule has 1 atom stereocenters. The van der Waals surface area contributed by atoms with E-state index in [2.05, 4.69) is 14.9 Å². The highest BCUT2D eigenvalue weighted by Gasteiger charge is 2.37. The molecule has 2 fully saturated rings. The maximum Gasteiger partial charge on any atom is 0.418 e. The van der Waals surface area contributed by atoms with Crippen molar-refractivity contribution in [2.75, 3.05) is 37.6 Å². The second-order valence-corrected chi connectivity index (χ2v) is 9.37. The monoisotopic (exact) mass is 501 g/mol. The van der Waals surface area contributed by atoms with Crippen LogP contribution >= 0.6 is 11.3 Å². The van der Waals surface area contributed by atoms with Gasteiger partial charge < -0.3 is 9.80 Å². The van der Waals surface area contributed by atoms with Gasteiger partial charge in [-0.25, -0.2) is 4.98 Å². The Balaban J connectivity index is 1.28. The van der Waals surface area contributed by atoms with E-state index in [9.17, 15) is 22.8 Å². The van der Waals surface area contributed by atoms with Gasteiger partial charge in [-0.15, -0.1) is 11.3 Å². The SMILES string of the molecule is O=C(c1nccs1)N1CCN(C2CC(=O)N(c3cccc(-c4ncccc4C(F)(F)F)c3)C2)CC1. The number of thiazole rings is 1. The number of nitrogens with zero attached hydrogens (tertiary/aromatic N) is 5. The molecule has 4 heterocycles. The molecule has 2 aliphatic heterocycles. The van der Waals surface area contributed by atoms with Gasteiger partial charge in [-0.05, 0) is 24.3 Å². The largest absolute Gasteiger partial charge is 0.418 e. The Bertz CT molecular complexity index is 1230. The van der Waals surface area contributed by atoms with Gasteiger partial charge >= 0.3 is 6.18 Å². The highest BCUT2D eigenvalue weighted by atomic mass is 32.1. The molecule has 35 heavy (non-hydrogen) atoms. The van der Waals surface area contributed by atoms with Crippen molar-refractivity contribution in [3.8, 4) is 11.3 Å². The molecule has 0 radical (unpaired) electrons. The maximum absolute atomic E-state index is 13.5. The Morgan fingerprint density at radius 3 is 2.54 bits per heavy atom. The number of halogens is 3. The Morgan fingerprint density at radius 1 is 1.03 bits per heavy atom. The van der Waals surface area contributed by atoms with Crippen molar-refractivity contribution in [1.29, 1.82) is 0 Å². The molecule has 2 amide bonds. The second kappa shape index (κ2) is 9.38. The van der Waals surface area contributed by atoms with Crippen molar-refractivity contribution < 1.29 is 22.8 Å². The lowest BCUT2D eigenvalue weighted by Crippen LogP contribution is -2.52. The van der Waals surface area contributed by atoms with Crippen molar-refractivity contribution in [2.24, 2.45) is 0 Å². The Kier molecular flexibility index (Phi) is 6.28. The zero-order valence-electron chi connectivity index (χ0n) is 18.6. The summed E-state index contributed by atoms with van der Waals surface area (Å²) < 4.78 is 40.4. The van der Waals surface area contributed by atoms with Crippen LogP contribution in [0.2, 0.25) is 0 Å². The molecule has 0 N–H and O–H groups in total. The van der Waals surface area contributed by atoms with Gasteiger partial charge in [0.05, 0.1) is 11.3 Å². The zero-order valence-corrected chi connectivity index (χ0v) is 19.4. The summed E-state index contributed by atoms with van der Waals surface area (Å²) in [5, 5.41) is 2.25. The van der Waals surface area contributed by atoms with Gasteiger partial charge in [0, 0.05) is 74.2 Å². The first-order chi connectivity index (χ1) is 16.8. The van der Waals surface area contributed by atoms with E-state index in [-0.39, 0.29) is 23.6 Å². The van der Waals surface area contributed by atoms with Crippen LogP contribution in [0.4, 0.5) is 18.9 Å². The Hall–Kier alpha value is -3.31. The zero-order chi connectivity index (χ0) is 24.6. The number of carbonyl (C=O) groups excluding carboxylic acids is 2. The van der Waals surface area contributed by atoms with Gasteiger partial charge in [0.25, 0.3) is 5.91 Å². The lowest BCUT2D eigenvalue weighted by Gasteiger charge is -2.37. The number of hydrogen-bond acceptors (Lipinski definition) is 6. The lowest BCUT2D eigenvalue weighted by molar-refractivity contribution is -0.137. The molecule has 5 rings (SSSR count). The second-order valence-electron chi connectivity index (χ2n) is 8.48. The highest BCUT2D eigenvalue weighted by Crippen LogP contribution is 2.37. The van der Waals surface area contributed by atoms with Crippen LogP contribution in [-0.4, -0.2) is 70.3 Å². The number of hydrogen-bond donors (Lipinski definition) is 0. The molecular weight excluding hydrogens is 479 g/mol. The van der Waals surface area contributed by atoms with Crippen molar-refractivity contribution in [3.63, 3.8) is 0 Å². The molecule has 0 bridgehead atoms. The number of pyridine rings is 1.